The number of allylic oxidation sites excluding steroid dienone is 11. The Bertz CT molecular complexity index is 1010. The summed E-state index contributed by atoms with van der Waals surface area (Å²) in [6.07, 6.45) is 40.8. The second kappa shape index (κ2) is 33.1. The van der Waals surface area contributed by atoms with Crippen molar-refractivity contribution in [3.8, 4) is 0 Å². The monoisotopic (exact) mass is 707 g/mol. The van der Waals surface area contributed by atoms with Gasteiger partial charge in [-0.05, 0) is 57.8 Å². The average molecular weight is 708 g/mol. The fraction of sp³-hybridized carbons (Fsp3) is 0.675. The van der Waals surface area contributed by atoms with Crippen LogP contribution in [0.1, 0.15) is 117 Å². The molecule has 2 atom stereocenters. The van der Waals surface area contributed by atoms with E-state index in [1.807, 2.05) is 27.2 Å². The Morgan fingerprint density at radius 3 is 1.76 bits per heavy atom. The molecule has 0 aliphatic rings. The average Bonchev–Trinajstić information content (AvgIpc) is 3.04. The molecule has 0 spiro atoms. The molecule has 0 aromatic rings. The van der Waals surface area contributed by atoms with Crippen molar-refractivity contribution in [3.05, 3.63) is 72.9 Å². The first kappa shape index (κ1) is 46.9. The standard InChI is InChI=1S/C40H70NO7P/c1-6-8-10-12-14-16-18-20-21-22-23-25-27-29-31-33-40(42)48-39(38-47-49(43,44)46-36-34-41(3,4)5)37-45-35-32-30-28-26-24-19-17-15-13-11-9-7-2/h8,10,13-16,20-21,23,25,29,31,39H,6-7,9,11-12,17-19,22,24,26-28,30,32-38H2,1-5H3/b10-8-,15-13-,16-14-,21-20-,25-23-,31-29-. The largest absolute Gasteiger partial charge is 0.756 e. The van der Waals surface area contributed by atoms with E-state index in [0.717, 1.165) is 51.4 Å². The summed E-state index contributed by atoms with van der Waals surface area (Å²) < 4.78 is 34.2. The summed E-state index contributed by atoms with van der Waals surface area (Å²) in [7, 11) is 1.28. The van der Waals surface area contributed by atoms with Crippen LogP contribution in [0.25, 0.3) is 0 Å². The molecule has 0 saturated carbocycles. The van der Waals surface area contributed by atoms with E-state index < -0.39 is 19.9 Å². The SMILES string of the molecule is CC/C=C\C/C=C\C/C=C\C/C=C\C/C=C\CC(=O)OC(COCCCCCCCC/C=C\CCCC)COP(=O)([O-])OCC[N+](C)(C)C. The van der Waals surface area contributed by atoms with Crippen LogP contribution in [0.4, 0.5) is 0 Å². The number of unbranched alkanes of at least 4 members (excludes halogenated alkanes) is 8. The van der Waals surface area contributed by atoms with E-state index in [1.54, 1.807) is 6.08 Å². The molecule has 0 amide bonds. The van der Waals surface area contributed by atoms with Gasteiger partial charge in [0.2, 0.25) is 0 Å². The second-order valence-corrected chi connectivity index (χ2v) is 14.6. The van der Waals surface area contributed by atoms with Gasteiger partial charge in [0.05, 0.1) is 40.8 Å². The van der Waals surface area contributed by atoms with Gasteiger partial charge < -0.3 is 27.9 Å². The van der Waals surface area contributed by atoms with Crippen molar-refractivity contribution < 1.29 is 37.3 Å². The molecule has 0 saturated heterocycles. The fourth-order valence-electron chi connectivity index (χ4n) is 4.36. The third-order valence-corrected chi connectivity index (χ3v) is 8.24. The molecule has 0 bridgehead atoms. The number of nitrogens with zero attached hydrogens (tertiary/aromatic N) is 1. The summed E-state index contributed by atoms with van der Waals surface area (Å²) in [5.74, 6) is -0.467. The van der Waals surface area contributed by atoms with Crippen LogP contribution in [0, 0.1) is 0 Å². The van der Waals surface area contributed by atoms with Crippen molar-refractivity contribution >= 4 is 13.8 Å². The minimum Gasteiger partial charge on any atom is -0.756 e. The second-order valence-electron chi connectivity index (χ2n) is 13.2. The Balaban J connectivity index is 4.50. The van der Waals surface area contributed by atoms with Crippen molar-refractivity contribution in [1.82, 2.24) is 0 Å². The Morgan fingerprint density at radius 2 is 1.18 bits per heavy atom. The predicted molar refractivity (Wildman–Crippen MR) is 203 cm³/mol. The van der Waals surface area contributed by atoms with Crippen LogP contribution in [0.3, 0.4) is 0 Å². The molecule has 0 aliphatic heterocycles. The Hall–Kier alpha value is -2.06. The zero-order chi connectivity index (χ0) is 36.3. The lowest BCUT2D eigenvalue weighted by molar-refractivity contribution is -0.870. The number of esters is 1. The van der Waals surface area contributed by atoms with Gasteiger partial charge in [0.15, 0.2) is 0 Å². The number of quaternary nitrogens is 1. The van der Waals surface area contributed by atoms with Crippen LogP contribution in [0.2, 0.25) is 0 Å². The van der Waals surface area contributed by atoms with Gasteiger partial charge >= 0.3 is 5.97 Å². The normalized spacial score (nSPS) is 14.8. The Kier molecular flexibility index (Phi) is 31.7. The summed E-state index contributed by atoms with van der Waals surface area (Å²) in [4.78, 5) is 24.8. The van der Waals surface area contributed by atoms with Crippen molar-refractivity contribution in [3.63, 3.8) is 0 Å². The molecule has 0 radical (unpaired) electrons. The fourth-order valence-corrected chi connectivity index (χ4v) is 5.09. The van der Waals surface area contributed by atoms with Crippen LogP contribution in [0.15, 0.2) is 72.9 Å². The molecule has 282 valence electrons. The van der Waals surface area contributed by atoms with E-state index in [0.29, 0.717) is 24.1 Å². The molecule has 8 nitrogen and oxygen atoms in total. The number of phosphoric ester groups is 1. The molecular formula is C40H70NO7P. The lowest BCUT2D eigenvalue weighted by atomic mass is 10.1. The summed E-state index contributed by atoms with van der Waals surface area (Å²) >= 11 is 0. The maximum atomic E-state index is 12.5. The lowest BCUT2D eigenvalue weighted by Gasteiger charge is -2.28. The number of likely N-dealkylation sites (N-methyl/N-ethyl adjacent to an activating group) is 1. The summed E-state index contributed by atoms with van der Waals surface area (Å²) in [6.45, 7) is 5.07. The molecule has 0 rings (SSSR count). The third-order valence-electron chi connectivity index (χ3n) is 7.27. The molecule has 0 N–H and O–H groups in total. The molecule has 49 heavy (non-hydrogen) atoms. The minimum atomic E-state index is -4.55. The highest BCUT2D eigenvalue weighted by Crippen LogP contribution is 2.38. The van der Waals surface area contributed by atoms with E-state index in [-0.39, 0.29) is 26.2 Å². The van der Waals surface area contributed by atoms with E-state index >= 15 is 0 Å². The minimum absolute atomic E-state index is 0.00492. The molecule has 9 heteroatoms. The maximum Gasteiger partial charge on any atom is 0.310 e. The molecule has 0 aromatic heterocycles. The summed E-state index contributed by atoms with van der Waals surface area (Å²) in [5, 5.41) is 0. The first-order chi connectivity index (χ1) is 23.6. The van der Waals surface area contributed by atoms with Crippen LogP contribution >= 0.6 is 7.82 Å². The van der Waals surface area contributed by atoms with Gasteiger partial charge in [-0.15, -0.1) is 0 Å². The van der Waals surface area contributed by atoms with Crippen LogP contribution in [-0.4, -0.2) is 70.7 Å². The topological polar surface area (TPSA) is 94.1 Å². The summed E-state index contributed by atoms with van der Waals surface area (Å²) in [5.41, 5.74) is 0. The number of carbonyl (C=O) groups excluding carboxylic acids is 1. The Morgan fingerprint density at radius 1 is 0.653 bits per heavy atom. The molecule has 0 aliphatic carbocycles. The number of phosphoric acid groups is 1. The predicted octanol–water partition coefficient (Wildman–Crippen LogP) is 9.74. The highest BCUT2D eigenvalue weighted by Gasteiger charge is 2.20. The summed E-state index contributed by atoms with van der Waals surface area (Å²) in [6, 6.07) is 0. The van der Waals surface area contributed by atoms with Gasteiger partial charge in [-0.2, -0.15) is 0 Å². The van der Waals surface area contributed by atoms with Gasteiger partial charge in [0.1, 0.15) is 19.3 Å². The first-order valence-electron chi connectivity index (χ1n) is 18.7. The molecule has 0 heterocycles. The Labute approximate surface area is 300 Å². The third kappa shape index (κ3) is 37.0. The highest BCUT2D eigenvalue weighted by molar-refractivity contribution is 7.45. The van der Waals surface area contributed by atoms with Gasteiger partial charge in [-0.1, -0.05) is 125 Å². The smallest absolute Gasteiger partial charge is 0.310 e. The van der Waals surface area contributed by atoms with Crippen molar-refractivity contribution in [1.29, 1.82) is 0 Å². The number of rotatable bonds is 33. The quantitative estimate of drug-likeness (QED) is 0.0220. The molecule has 0 fully saturated rings. The van der Waals surface area contributed by atoms with Crippen LogP contribution < -0.4 is 4.89 Å². The van der Waals surface area contributed by atoms with Crippen LogP contribution in [-0.2, 0) is 27.9 Å². The van der Waals surface area contributed by atoms with Gasteiger partial charge in [0.25, 0.3) is 7.82 Å². The van der Waals surface area contributed by atoms with E-state index in [2.05, 4.69) is 74.6 Å². The van der Waals surface area contributed by atoms with Gasteiger partial charge in [0, 0.05) is 6.61 Å². The van der Waals surface area contributed by atoms with E-state index in [4.69, 9.17) is 18.5 Å². The maximum absolute atomic E-state index is 12.5. The van der Waals surface area contributed by atoms with Crippen LogP contribution in [0.5, 0.6) is 0 Å². The highest BCUT2D eigenvalue weighted by atomic mass is 31.2. The molecule has 0 aromatic carbocycles. The molecule has 2 unspecified atom stereocenters. The number of carbonyl (C=O) groups is 1. The number of hydrogen-bond donors (Lipinski definition) is 0. The lowest BCUT2D eigenvalue weighted by Crippen LogP contribution is -2.37. The van der Waals surface area contributed by atoms with E-state index in [9.17, 15) is 14.3 Å². The van der Waals surface area contributed by atoms with Crippen molar-refractivity contribution in [2.75, 3.05) is 54.1 Å². The number of hydrogen-bond acceptors (Lipinski definition) is 7. The zero-order valence-electron chi connectivity index (χ0n) is 31.6. The van der Waals surface area contributed by atoms with Gasteiger partial charge in [-0.3, -0.25) is 9.36 Å². The van der Waals surface area contributed by atoms with E-state index in [1.165, 1.54) is 38.5 Å². The first-order valence-corrected chi connectivity index (χ1v) is 20.1. The molecular weight excluding hydrogens is 637 g/mol. The van der Waals surface area contributed by atoms with Crippen molar-refractivity contribution in [2.24, 2.45) is 0 Å². The zero-order valence-corrected chi connectivity index (χ0v) is 32.5. The number of ether oxygens (including phenoxy) is 2. The van der Waals surface area contributed by atoms with Crippen molar-refractivity contribution in [2.45, 2.75) is 123 Å². The van der Waals surface area contributed by atoms with Gasteiger partial charge in [-0.25, -0.2) is 0 Å².